The average molecular weight is 310 g/mol. The number of fused-ring (bicyclic) bond motifs is 3. The van der Waals surface area contributed by atoms with Gasteiger partial charge in [0.15, 0.2) is 0 Å². The molecule has 2 aromatic rings. The fourth-order valence-corrected chi connectivity index (χ4v) is 2.94. The lowest BCUT2D eigenvalue weighted by atomic mass is 9.89. The summed E-state index contributed by atoms with van der Waals surface area (Å²) in [5.41, 5.74) is 1.48. The van der Waals surface area contributed by atoms with Crippen molar-refractivity contribution in [3.63, 3.8) is 0 Å². The van der Waals surface area contributed by atoms with Crippen LogP contribution in [0.25, 0.3) is 6.08 Å². The van der Waals surface area contributed by atoms with E-state index in [-0.39, 0.29) is 17.5 Å². The molecule has 0 saturated heterocycles. The first-order chi connectivity index (χ1) is 11.1. The lowest BCUT2D eigenvalue weighted by molar-refractivity contribution is -0.141. The number of phenolic OH excluding ortho intramolecular Hbond substituents is 2. The molecule has 0 amide bonds. The van der Waals surface area contributed by atoms with Crippen molar-refractivity contribution in [2.75, 3.05) is 0 Å². The smallest absolute Gasteiger partial charge is 0.318 e. The lowest BCUT2D eigenvalue weighted by Crippen LogP contribution is -2.39. The standard InChI is InChI=1S/C18H14O5/c19-12-4-6-15-10(7-12)2-5-16-14(18(21)23-15)8-11-1-3-13(20)9-17(11)22-16/h1-7,9,14,16,19-20H,8H2/t14-,16-/m1/s1. The van der Waals surface area contributed by atoms with Gasteiger partial charge in [0, 0.05) is 11.6 Å². The Bertz CT molecular complexity index is 824. The summed E-state index contributed by atoms with van der Waals surface area (Å²) < 4.78 is 11.3. The number of esters is 1. The van der Waals surface area contributed by atoms with Gasteiger partial charge in [0.25, 0.3) is 0 Å². The van der Waals surface area contributed by atoms with Crippen molar-refractivity contribution >= 4 is 12.0 Å². The Morgan fingerprint density at radius 3 is 2.65 bits per heavy atom. The van der Waals surface area contributed by atoms with E-state index in [0.717, 1.165) is 5.56 Å². The number of phenols is 2. The molecule has 116 valence electrons. The van der Waals surface area contributed by atoms with E-state index in [2.05, 4.69) is 0 Å². The number of hydrogen-bond donors (Lipinski definition) is 2. The minimum absolute atomic E-state index is 0.0985. The fourth-order valence-electron chi connectivity index (χ4n) is 2.94. The lowest BCUT2D eigenvalue weighted by Gasteiger charge is -2.31. The predicted octanol–water partition coefficient (Wildman–Crippen LogP) is 2.65. The van der Waals surface area contributed by atoms with Crippen molar-refractivity contribution in [3.05, 3.63) is 53.6 Å². The van der Waals surface area contributed by atoms with Gasteiger partial charge in [-0.05, 0) is 42.3 Å². The van der Waals surface area contributed by atoms with E-state index in [1.165, 1.54) is 12.1 Å². The maximum atomic E-state index is 12.5. The zero-order chi connectivity index (χ0) is 16.0. The molecule has 0 aliphatic carbocycles. The molecule has 0 aromatic heterocycles. The van der Waals surface area contributed by atoms with Crippen LogP contribution in [-0.4, -0.2) is 22.3 Å². The number of carbonyl (C=O) groups is 1. The molecule has 0 fully saturated rings. The van der Waals surface area contributed by atoms with E-state index in [9.17, 15) is 15.0 Å². The molecular weight excluding hydrogens is 296 g/mol. The summed E-state index contributed by atoms with van der Waals surface area (Å²) in [6.45, 7) is 0. The van der Waals surface area contributed by atoms with Gasteiger partial charge in [-0.1, -0.05) is 12.1 Å². The van der Waals surface area contributed by atoms with Gasteiger partial charge < -0.3 is 19.7 Å². The summed E-state index contributed by atoms with van der Waals surface area (Å²) in [4.78, 5) is 12.5. The monoisotopic (exact) mass is 310 g/mol. The molecule has 2 aliphatic heterocycles. The highest BCUT2D eigenvalue weighted by atomic mass is 16.5. The zero-order valence-electron chi connectivity index (χ0n) is 12.1. The normalized spacial score (nSPS) is 21.8. The zero-order valence-corrected chi connectivity index (χ0v) is 12.1. The van der Waals surface area contributed by atoms with E-state index in [0.29, 0.717) is 23.5 Å². The number of benzene rings is 2. The summed E-state index contributed by atoms with van der Waals surface area (Å²) in [6, 6.07) is 9.45. The van der Waals surface area contributed by atoms with Crippen LogP contribution in [0.1, 0.15) is 11.1 Å². The molecule has 0 radical (unpaired) electrons. The van der Waals surface area contributed by atoms with Crippen LogP contribution in [0.15, 0.2) is 42.5 Å². The van der Waals surface area contributed by atoms with Crippen LogP contribution in [-0.2, 0) is 11.2 Å². The van der Waals surface area contributed by atoms with Crippen molar-refractivity contribution < 1.29 is 24.5 Å². The number of aromatic hydroxyl groups is 2. The van der Waals surface area contributed by atoms with Crippen LogP contribution in [0, 0.1) is 5.92 Å². The summed E-state index contributed by atoms with van der Waals surface area (Å²) in [5.74, 6) is 0.381. The first-order valence-corrected chi connectivity index (χ1v) is 7.31. The molecular formula is C18H14O5. The Labute approximate surface area is 132 Å². The molecule has 2 aliphatic rings. The molecule has 2 aromatic carbocycles. The summed E-state index contributed by atoms with van der Waals surface area (Å²) >= 11 is 0. The van der Waals surface area contributed by atoms with Crippen molar-refractivity contribution in [2.45, 2.75) is 12.5 Å². The van der Waals surface area contributed by atoms with Gasteiger partial charge in [0.1, 0.15) is 35.0 Å². The summed E-state index contributed by atoms with van der Waals surface area (Å²) in [5, 5.41) is 19.2. The van der Waals surface area contributed by atoms with E-state index in [1.54, 1.807) is 36.4 Å². The highest BCUT2D eigenvalue weighted by Gasteiger charge is 2.36. The molecule has 0 bridgehead atoms. The van der Waals surface area contributed by atoms with Gasteiger partial charge >= 0.3 is 5.97 Å². The second-order valence-corrected chi connectivity index (χ2v) is 5.69. The molecule has 23 heavy (non-hydrogen) atoms. The van der Waals surface area contributed by atoms with Gasteiger partial charge in [-0.2, -0.15) is 0 Å². The van der Waals surface area contributed by atoms with Crippen molar-refractivity contribution in [3.8, 4) is 23.0 Å². The van der Waals surface area contributed by atoms with Gasteiger partial charge in [-0.3, -0.25) is 4.79 Å². The molecule has 2 atom stereocenters. The topological polar surface area (TPSA) is 76.0 Å². The molecule has 0 saturated carbocycles. The van der Waals surface area contributed by atoms with Crippen LogP contribution in [0.4, 0.5) is 0 Å². The Balaban J connectivity index is 1.75. The Morgan fingerprint density at radius 2 is 1.78 bits per heavy atom. The van der Waals surface area contributed by atoms with Gasteiger partial charge in [-0.25, -0.2) is 0 Å². The molecule has 0 unspecified atom stereocenters. The molecule has 2 heterocycles. The van der Waals surface area contributed by atoms with Crippen LogP contribution in [0.5, 0.6) is 23.0 Å². The number of rotatable bonds is 0. The first kappa shape index (κ1) is 13.7. The van der Waals surface area contributed by atoms with Gasteiger partial charge in [0.05, 0.1) is 0 Å². The maximum absolute atomic E-state index is 12.5. The molecule has 5 nitrogen and oxygen atoms in total. The van der Waals surface area contributed by atoms with Crippen LogP contribution in [0.2, 0.25) is 0 Å². The highest BCUT2D eigenvalue weighted by molar-refractivity contribution is 5.80. The molecule has 2 N–H and O–H groups in total. The van der Waals surface area contributed by atoms with E-state index in [1.807, 2.05) is 0 Å². The number of hydrogen-bond acceptors (Lipinski definition) is 5. The SMILES string of the molecule is O=C1Oc2ccc(O)cc2C=C[C@H]2Oc3cc(O)ccc3C[C@@H]12. The second kappa shape index (κ2) is 5.05. The van der Waals surface area contributed by atoms with Crippen LogP contribution in [0.3, 0.4) is 0 Å². The third kappa shape index (κ3) is 2.40. The summed E-state index contributed by atoms with van der Waals surface area (Å²) in [6.07, 6.45) is 3.56. The highest BCUT2D eigenvalue weighted by Crippen LogP contribution is 2.37. The third-order valence-electron chi connectivity index (χ3n) is 4.12. The quantitative estimate of drug-likeness (QED) is 0.578. The van der Waals surface area contributed by atoms with Crippen molar-refractivity contribution in [1.82, 2.24) is 0 Å². The second-order valence-electron chi connectivity index (χ2n) is 5.69. The summed E-state index contributed by atoms with van der Waals surface area (Å²) in [7, 11) is 0. The number of ether oxygens (including phenoxy) is 2. The third-order valence-corrected chi connectivity index (χ3v) is 4.12. The van der Waals surface area contributed by atoms with Crippen LogP contribution >= 0.6 is 0 Å². The van der Waals surface area contributed by atoms with Crippen LogP contribution < -0.4 is 9.47 Å². The molecule has 5 heteroatoms. The fraction of sp³-hybridized carbons (Fsp3) is 0.167. The minimum Gasteiger partial charge on any atom is -0.508 e. The number of carbonyl (C=O) groups excluding carboxylic acids is 1. The van der Waals surface area contributed by atoms with Gasteiger partial charge in [-0.15, -0.1) is 0 Å². The Morgan fingerprint density at radius 1 is 1.00 bits per heavy atom. The Kier molecular flexibility index (Phi) is 3.01. The molecule has 4 rings (SSSR count). The first-order valence-electron chi connectivity index (χ1n) is 7.31. The van der Waals surface area contributed by atoms with Gasteiger partial charge in [0.2, 0.25) is 0 Å². The maximum Gasteiger partial charge on any atom is 0.318 e. The Hall–Kier alpha value is -2.95. The van der Waals surface area contributed by atoms with Crippen molar-refractivity contribution in [1.29, 1.82) is 0 Å². The van der Waals surface area contributed by atoms with E-state index >= 15 is 0 Å². The van der Waals surface area contributed by atoms with E-state index < -0.39 is 12.0 Å². The minimum atomic E-state index is -0.479. The largest absolute Gasteiger partial charge is 0.508 e. The van der Waals surface area contributed by atoms with Crippen molar-refractivity contribution in [2.24, 2.45) is 5.92 Å². The predicted molar refractivity (Wildman–Crippen MR) is 82.5 cm³/mol. The molecule has 0 spiro atoms. The average Bonchev–Trinajstić information content (AvgIpc) is 2.52. The van der Waals surface area contributed by atoms with E-state index in [4.69, 9.17) is 9.47 Å².